The number of rotatable bonds is 3. The van der Waals surface area contributed by atoms with Crippen molar-refractivity contribution in [3.63, 3.8) is 0 Å². The molecule has 0 aliphatic carbocycles. The van der Waals surface area contributed by atoms with Crippen molar-refractivity contribution >= 4 is 54.5 Å². The van der Waals surface area contributed by atoms with E-state index in [-0.39, 0.29) is 0 Å². The smallest absolute Gasteiger partial charge is 0.178 e. The molecule has 2 heterocycles. The second kappa shape index (κ2) is 8.95. The van der Waals surface area contributed by atoms with Gasteiger partial charge in [-0.2, -0.15) is 0 Å². The molecule has 0 aliphatic rings. The second-order valence-electron chi connectivity index (χ2n) is 10.9. The van der Waals surface area contributed by atoms with Crippen molar-refractivity contribution in [2.24, 2.45) is 0 Å². The van der Waals surface area contributed by atoms with Crippen molar-refractivity contribution in [1.82, 2.24) is 0 Å². The van der Waals surface area contributed by atoms with E-state index in [2.05, 4.69) is 133 Å². The average molecular weight is 537 g/mol. The van der Waals surface area contributed by atoms with Gasteiger partial charge in [0.15, 0.2) is 11.2 Å². The quantitative estimate of drug-likeness (QED) is 0.210. The Morgan fingerprint density at radius 2 is 0.905 bits per heavy atom. The van der Waals surface area contributed by atoms with Crippen LogP contribution in [0.4, 0.5) is 0 Å². The normalized spacial score (nSPS) is 11.8. The third-order valence-corrected chi connectivity index (χ3v) is 8.56. The lowest BCUT2D eigenvalue weighted by Crippen LogP contribution is -1.90. The van der Waals surface area contributed by atoms with E-state index in [1.165, 1.54) is 43.8 Å². The largest absolute Gasteiger partial charge is 0.460 e. The van der Waals surface area contributed by atoms with Gasteiger partial charge in [0.05, 0.1) is 6.26 Å². The molecule has 7 aromatic carbocycles. The molecule has 0 unspecified atom stereocenters. The minimum Gasteiger partial charge on any atom is -0.460 e. The highest BCUT2D eigenvalue weighted by Crippen LogP contribution is 2.44. The molecule has 0 saturated carbocycles. The molecule has 0 fully saturated rings. The van der Waals surface area contributed by atoms with Gasteiger partial charge in [-0.05, 0) is 79.2 Å². The van der Waals surface area contributed by atoms with Crippen LogP contribution in [0.1, 0.15) is 0 Å². The van der Waals surface area contributed by atoms with E-state index in [1.54, 1.807) is 6.26 Å². The zero-order valence-electron chi connectivity index (χ0n) is 22.7. The molecule has 0 atom stereocenters. The molecule has 0 bridgehead atoms. The maximum atomic E-state index is 6.33. The summed E-state index contributed by atoms with van der Waals surface area (Å²) in [6.07, 6.45) is 1.71. The van der Waals surface area contributed by atoms with Crippen LogP contribution < -0.4 is 0 Å². The molecular formula is C40H24O2. The lowest BCUT2D eigenvalue weighted by molar-refractivity contribution is 0.600. The highest BCUT2D eigenvalue weighted by atomic mass is 16.4. The summed E-state index contributed by atoms with van der Waals surface area (Å²) in [6, 6.07) is 49.9. The molecule has 9 aromatic rings. The van der Waals surface area contributed by atoms with Gasteiger partial charge in [-0.1, -0.05) is 115 Å². The van der Waals surface area contributed by atoms with Crippen molar-refractivity contribution in [3.8, 4) is 33.4 Å². The number of furan rings is 2. The Hall–Kier alpha value is -5.60. The summed E-state index contributed by atoms with van der Waals surface area (Å²) in [7, 11) is 0. The third kappa shape index (κ3) is 3.39. The zero-order chi connectivity index (χ0) is 27.6. The van der Waals surface area contributed by atoms with Gasteiger partial charge in [0, 0.05) is 16.2 Å². The fraction of sp³-hybridized carbons (Fsp3) is 0. The van der Waals surface area contributed by atoms with E-state index < -0.39 is 0 Å². The maximum Gasteiger partial charge on any atom is 0.178 e. The minimum atomic E-state index is 0.798. The highest BCUT2D eigenvalue weighted by molar-refractivity contribution is 6.21. The van der Waals surface area contributed by atoms with Crippen LogP contribution in [0.25, 0.3) is 87.8 Å². The van der Waals surface area contributed by atoms with Gasteiger partial charge in [0.2, 0.25) is 0 Å². The first-order valence-corrected chi connectivity index (χ1v) is 14.3. The van der Waals surface area contributed by atoms with Crippen LogP contribution in [0.3, 0.4) is 0 Å². The van der Waals surface area contributed by atoms with E-state index in [4.69, 9.17) is 8.83 Å². The van der Waals surface area contributed by atoms with E-state index in [0.717, 1.165) is 44.0 Å². The number of benzene rings is 7. The van der Waals surface area contributed by atoms with Crippen LogP contribution >= 0.6 is 0 Å². The van der Waals surface area contributed by atoms with Gasteiger partial charge in [0.1, 0.15) is 5.58 Å². The summed E-state index contributed by atoms with van der Waals surface area (Å²) in [4.78, 5) is 0. The topological polar surface area (TPSA) is 26.3 Å². The highest BCUT2D eigenvalue weighted by Gasteiger charge is 2.17. The first-order chi connectivity index (χ1) is 20.8. The van der Waals surface area contributed by atoms with E-state index in [1.807, 2.05) is 6.07 Å². The molecule has 0 aliphatic heterocycles. The predicted octanol–water partition coefficient (Wildman–Crippen LogP) is 11.6. The lowest BCUT2D eigenvalue weighted by atomic mass is 9.86. The summed E-state index contributed by atoms with van der Waals surface area (Å²) in [5.74, 6) is 0. The van der Waals surface area contributed by atoms with E-state index >= 15 is 0 Å². The van der Waals surface area contributed by atoms with Crippen LogP contribution in [0, 0.1) is 0 Å². The number of fused-ring (bicyclic) bond motifs is 7. The molecule has 196 valence electrons. The molecule has 42 heavy (non-hydrogen) atoms. The Morgan fingerprint density at radius 1 is 0.357 bits per heavy atom. The van der Waals surface area contributed by atoms with Crippen molar-refractivity contribution in [2.75, 3.05) is 0 Å². The van der Waals surface area contributed by atoms with Crippen LogP contribution in [0.15, 0.2) is 155 Å². The van der Waals surface area contributed by atoms with Gasteiger partial charge in [-0.3, -0.25) is 0 Å². The van der Waals surface area contributed by atoms with Crippen molar-refractivity contribution in [3.05, 3.63) is 146 Å². The van der Waals surface area contributed by atoms with Gasteiger partial charge < -0.3 is 8.83 Å². The molecule has 0 radical (unpaired) electrons. The molecule has 9 rings (SSSR count). The van der Waals surface area contributed by atoms with Crippen LogP contribution in [0.5, 0.6) is 0 Å². The Balaban J connectivity index is 1.20. The fourth-order valence-electron chi connectivity index (χ4n) is 6.62. The first kappa shape index (κ1) is 23.1. The summed E-state index contributed by atoms with van der Waals surface area (Å²) in [5, 5.41) is 8.28. The van der Waals surface area contributed by atoms with Crippen LogP contribution in [0.2, 0.25) is 0 Å². The lowest BCUT2D eigenvalue weighted by Gasteiger charge is -2.18. The monoisotopic (exact) mass is 536 g/mol. The van der Waals surface area contributed by atoms with Crippen molar-refractivity contribution in [2.45, 2.75) is 0 Å². The molecule has 2 heteroatoms. The van der Waals surface area contributed by atoms with Crippen LogP contribution in [-0.4, -0.2) is 0 Å². The maximum absolute atomic E-state index is 6.33. The Kier molecular flexibility index (Phi) is 4.93. The molecule has 0 amide bonds. The standard InChI is InChI=1S/C40H24O2/c1-2-8-26(9-3-1)37-31-10-4-6-12-33(31)38(34-13-7-5-11-32(34)37)27-16-14-25(15-17-27)29-19-20-30-35-21-18-28-22-23-41-39(28)40(35)42-36(30)24-29/h1-24H. The minimum absolute atomic E-state index is 0.798. The van der Waals surface area contributed by atoms with E-state index in [9.17, 15) is 0 Å². The SMILES string of the molecule is c1ccc(-c2c3ccccc3c(-c3ccc(-c4ccc5c(c4)oc4c5ccc5ccoc54)cc3)c3ccccc23)cc1. The summed E-state index contributed by atoms with van der Waals surface area (Å²) in [5.41, 5.74) is 9.73. The summed E-state index contributed by atoms with van der Waals surface area (Å²) in [6.45, 7) is 0. The number of hydrogen-bond acceptors (Lipinski definition) is 2. The fourth-order valence-corrected chi connectivity index (χ4v) is 6.62. The van der Waals surface area contributed by atoms with Gasteiger partial charge >= 0.3 is 0 Å². The average Bonchev–Trinajstić information content (AvgIpc) is 3.68. The Bertz CT molecular complexity index is 2380. The molecule has 2 nitrogen and oxygen atoms in total. The summed E-state index contributed by atoms with van der Waals surface area (Å²) >= 11 is 0. The second-order valence-corrected chi connectivity index (χ2v) is 10.9. The van der Waals surface area contributed by atoms with Gasteiger partial charge in [-0.25, -0.2) is 0 Å². The first-order valence-electron chi connectivity index (χ1n) is 14.3. The Morgan fingerprint density at radius 3 is 1.57 bits per heavy atom. The molecule has 2 aromatic heterocycles. The molecule has 0 spiro atoms. The number of hydrogen-bond donors (Lipinski definition) is 0. The zero-order valence-corrected chi connectivity index (χ0v) is 22.7. The van der Waals surface area contributed by atoms with Crippen LogP contribution in [-0.2, 0) is 0 Å². The molecule has 0 N–H and O–H groups in total. The third-order valence-electron chi connectivity index (χ3n) is 8.56. The van der Waals surface area contributed by atoms with Crippen molar-refractivity contribution in [1.29, 1.82) is 0 Å². The van der Waals surface area contributed by atoms with E-state index in [0.29, 0.717) is 0 Å². The predicted molar refractivity (Wildman–Crippen MR) is 175 cm³/mol. The molecular weight excluding hydrogens is 512 g/mol. The summed E-state index contributed by atoms with van der Waals surface area (Å²) < 4.78 is 12.1. The van der Waals surface area contributed by atoms with Crippen molar-refractivity contribution < 1.29 is 8.83 Å². The molecule has 0 saturated heterocycles. The van der Waals surface area contributed by atoms with Gasteiger partial charge in [0.25, 0.3) is 0 Å². The Labute approximate surface area is 242 Å². The van der Waals surface area contributed by atoms with Gasteiger partial charge in [-0.15, -0.1) is 0 Å².